The van der Waals surface area contributed by atoms with E-state index in [-0.39, 0.29) is 12.1 Å². The lowest BCUT2D eigenvalue weighted by Gasteiger charge is -2.11. The van der Waals surface area contributed by atoms with Gasteiger partial charge in [0.15, 0.2) is 0 Å². The molecule has 0 aromatic carbocycles. The SMILES string of the molecule is [CH2]CC(N)CC(O)CC. The maximum absolute atomic E-state index is 9.05. The Labute approximate surface area is 57.1 Å². The van der Waals surface area contributed by atoms with Crippen molar-refractivity contribution in [3.05, 3.63) is 6.92 Å². The van der Waals surface area contributed by atoms with Crippen LogP contribution in [0.3, 0.4) is 0 Å². The van der Waals surface area contributed by atoms with E-state index in [0.717, 1.165) is 6.42 Å². The summed E-state index contributed by atoms with van der Waals surface area (Å²) < 4.78 is 0. The zero-order chi connectivity index (χ0) is 7.28. The Bertz CT molecular complexity index is 57.9. The number of nitrogens with two attached hydrogens (primary N) is 1. The lowest BCUT2D eigenvalue weighted by molar-refractivity contribution is 0.151. The standard InChI is InChI=1S/C7H16NO/c1-3-6(8)5-7(9)4-2/h6-7,9H,1,3-5,8H2,2H3. The second-order valence-electron chi connectivity index (χ2n) is 2.35. The Hall–Kier alpha value is -0.0800. The van der Waals surface area contributed by atoms with E-state index in [1.807, 2.05) is 6.92 Å². The topological polar surface area (TPSA) is 46.2 Å². The quantitative estimate of drug-likeness (QED) is 0.588. The Morgan fingerprint density at radius 3 is 2.56 bits per heavy atom. The molecule has 55 valence electrons. The monoisotopic (exact) mass is 130 g/mol. The summed E-state index contributed by atoms with van der Waals surface area (Å²) in [6.07, 6.45) is 1.94. The Morgan fingerprint density at radius 1 is 1.67 bits per heavy atom. The maximum atomic E-state index is 9.05. The first-order valence-electron chi connectivity index (χ1n) is 3.43. The van der Waals surface area contributed by atoms with E-state index >= 15 is 0 Å². The smallest absolute Gasteiger partial charge is 0.0552 e. The molecule has 0 rings (SSSR count). The van der Waals surface area contributed by atoms with Gasteiger partial charge in [-0.15, -0.1) is 0 Å². The van der Waals surface area contributed by atoms with Crippen molar-refractivity contribution in [3.63, 3.8) is 0 Å². The molecular weight excluding hydrogens is 114 g/mol. The molecule has 0 aliphatic rings. The zero-order valence-electron chi connectivity index (χ0n) is 6.01. The van der Waals surface area contributed by atoms with Crippen LogP contribution in [0, 0.1) is 6.92 Å². The van der Waals surface area contributed by atoms with Gasteiger partial charge in [0.2, 0.25) is 0 Å². The average molecular weight is 130 g/mol. The molecule has 0 spiro atoms. The van der Waals surface area contributed by atoms with Crippen molar-refractivity contribution in [1.29, 1.82) is 0 Å². The van der Waals surface area contributed by atoms with E-state index in [1.54, 1.807) is 0 Å². The third-order valence-corrected chi connectivity index (χ3v) is 1.42. The summed E-state index contributed by atoms with van der Waals surface area (Å²) in [6.45, 7) is 5.58. The van der Waals surface area contributed by atoms with Gasteiger partial charge in [-0.3, -0.25) is 0 Å². The second-order valence-corrected chi connectivity index (χ2v) is 2.35. The molecule has 0 aliphatic carbocycles. The number of hydrogen-bond acceptors (Lipinski definition) is 2. The van der Waals surface area contributed by atoms with Crippen LogP contribution >= 0.6 is 0 Å². The zero-order valence-corrected chi connectivity index (χ0v) is 6.01. The third kappa shape index (κ3) is 4.43. The van der Waals surface area contributed by atoms with Gasteiger partial charge in [0.1, 0.15) is 0 Å². The van der Waals surface area contributed by atoms with Gasteiger partial charge >= 0.3 is 0 Å². The van der Waals surface area contributed by atoms with Crippen LogP contribution in [0.15, 0.2) is 0 Å². The summed E-state index contributed by atoms with van der Waals surface area (Å²) in [7, 11) is 0. The normalized spacial score (nSPS) is 17.3. The van der Waals surface area contributed by atoms with Gasteiger partial charge < -0.3 is 10.8 Å². The van der Waals surface area contributed by atoms with Crippen molar-refractivity contribution < 1.29 is 5.11 Å². The molecule has 1 radical (unpaired) electrons. The minimum atomic E-state index is -0.234. The van der Waals surface area contributed by atoms with Gasteiger partial charge in [-0.2, -0.15) is 0 Å². The molecule has 3 N–H and O–H groups in total. The van der Waals surface area contributed by atoms with Crippen LogP contribution in [0.4, 0.5) is 0 Å². The predicted molar refractivity (Wildman–Crippen MR) is 38.9 cm³/mol. The van der Waals surface area contributed by atoms with Crippen LogP contribution in [-0.4, -0.2) is 17.3 Å². The highest BCUT2D eigenvalue weighted by atomic mass is 16.3. The highest BCUT2D eigenvalue weighted by Crippen LogP contribution is 2.01. The Kier molecular flexibility index (Phi) is 4.72. The number of rotatable bonds is 4. The van der Waals surface area contributed by atoms with E-state index in [0.29, 0.717) is 12.8 Å². The molecule has 9 heavy (non-hydrogen) atoms. The molecule has 2 nitrogen and oxygen atoms in total. The van der Waals surface area contributed by atoms with Crippen molar-refractivity contribution in [1.82, 2.24) is 0 Å². The molecular formula is C7H16NO. The first kappa shape index (κ1) is 8.92. The van der Waals surface area contributed by atoms with Gasteiger partial charge in [0.25, 0.3) is 0 Å². The minimum absolute atomic E-state index is 0.0694. The molecule has 2 heteroatoms. The predicted octanol–water partition coefficient (Wildman–Crippen LogP) is 0.699. The van der Waals surface area contributed by atoms with Crippen LogP contribution < -0.4 is 5.73 Å². The summed E-state index contributed by atoms with van der Waals surface area (Å²) in [5.41, 5.74) is 5.53. The van der Waals surface area contributed by atoms with Crippen molar-refractivity contribution in [2.24, 2.45) is 5.73 Å². The van der Waals surface area contributed by atoms with Gasteiger partial charge in [-0.25, -0.2) is 0 Å². The van der Waals surface area contributed by atoms with Crippen molar-refractivity contribution >= 4 is 0 Å². The molecule has 0 aromatic rings. The molecule has 0 aliphatic heterocycles. The van der Waals surface area contributed by atoms with Gasteiger partial charge in [0.05, 0.1) is 6.10 Å². The third-order valence-electron chi connectivity index (χ3n) is 1.42. The fraction of sp³-hybridized carbons (Fsp3) is 0.857. The number of hydrogen-bond donors (Lipinski definition) is 2. The van der Waals surface area contributed by atoms with E-state index in [1.165, 1.54) is 0 Å². The first-order chi connectivity index (χ1) is 4.20. The van der Waals surface area contributed by atoms with Gasteiger partial charge in [-0.05, 0) is 19.3 Å². The highest BCUT2D eigenvalue weighted by molar-refractivity contribution is 4.66. The summed E-state index contributed by atoms with van der Waals surface area (Å²) in [4.78, 5) is 0. The van der Waals surface area contributed by atoms with Crippen LogP contribution in [0.1, 0.15) is 26.2 Å². The van der Waals surface area contributed by atoms with Gasteiger partial charge in [-0.1, -0.05) is 13.8 Å². The first-order valence-corrected chi connectivity index (χ1v) is 3.43. The second kappa shape index (κ2) is 4.77. The largest absolute Gasteiger partial charge is 0.393 e. The summed E-state index contributed by atoms with van der Waals surface area (Å²) in [6, 6.07) is 0.0694. The lowest BCUT2D eigenvalue weighted by atomic mass is 10.1. The number of aliphatic hydroxyl groups is 1. The lowest BCUT2D eigenvalue weighted by Crippen LogP contribution is -2.24. The molecule has 0 saturated carbocycles. The molecule has 0 heterocycles. The molecule has 2 unspecified atom stereocenters. The van der Waals surface area contributed by atoms with E-state index < -0.39 is 0 Å². The summed E-state index contributed by atoms with van der Waals surface area (Å²) in [5, 5.41) is 9.05. The Balaban J connectivity index is 3.22. The summed E-state index contributed by atoms with van der Waals surface area (Å²) in [5.74, 6) is 0. The molecule has 0 aromatic heterocycles. The summed E-state index contributed by atoms with van der Waals surface area (Å²) >= 11 is 0. The molecule has 0 fully saturated rings. The van der Waals surface area contributed by atoms with Crippen molar-refractivity contribution in [2.45, 2.75) is 38.3 Å². The average Bonchev–Trinajstić information content (AvgIpc) is 1.87. The van der Waals surface area contributed by atoms with E-state index in [2.05, 4.69) is 6.92 Å². The fourth-order valence-corrected chi connectivity index (χ4v) is 0.634. The van der Waals surface area contributed by atoms with Crippen molar-refractivity contribution in [3.8, 4) is 0 Å². The molecule has 2 atom stereocenters. The maximum Gasteiger partial charge on any atom is 0.0552 e. The minimum Gasteiger partial charge on any atom is -0.393 e. The van der Waals surface area contributed by atoms with Gasteiger partial charge in [0, 0.05) is 6.04 Å². The van der Waals surface area contributed by atoms with E-state index in [4.69, 9.17) is 10.8 Å². The van der Waals surface area contributed by atoms with E-state index in [9.17, 15) is 0 Å². The highest BCUT2D eigenvalue weighted by Gasteiger charge is 2.05. The molecule has 0 amide bonds. The van der Waals surface area contributed by atoms with Crippen molar-refractivity contribution in [2.75, 3.05) is 0 Å². The number of aliphatic hydroxyl groups excluding tert-OH is 1. The van der Waals surface area contributed by atoms with Crippen LogP contribution in [0.5, 0.6) is 0 Å². The van der Waals surface area contributed by atoms with Crippen LogP contribution in [0.2, 0.25) is 0 Å². The Morgan fingerprint density at radius 2 is 2.22 bits per heavy atom. The molecule has 0 bridgehead atoms. The fourth-order valence-electron chi connectivity index (χ4n) is 0.634. The van der Waals surface area contributed by atoms with Crippen LogP contribution in [-0.2, 0) is 0 Å². The molecule has 0 saturated heterocycles. The van der Waals surface area contributed by atoms with Crippen LogP contribution in [0.25, 0.3) is 0 Å².